The maximum absolute atomic E-state index is 13.1. The lowest BCUT2D eigenvalue weighted by atomic mass is 9.76. The van der Waals surface area contributed by atoms with E-state index < -0.39 is 0 Å². The molecule has 6 nitrogen and oxygen atoms in total. The summed E-state index contributed by atoms with van der Waals surface area (Å²) in [5.74, 6) is 2.19. The largest absolute Gasteiger partial charge is 0.361 e. The molecule has 0 aromatic carbocycles. The Labute approximate surface area is 178 Å². The minimum Gasteiger partial charge on any atom is -0.361 e. The number of nitrogens with zero attached hydrogens (tertiary/aromatic N) is 3. The first-order chi connectivity index (χ1) is 14.3. The van der Waals surface area contributed by atoms with E-state index in [-0.39, 0.29) is 23.4 Å². The third-order valence-corrected chi connectivity index (χ3v) is 6.96. The average molecular weight is 412 g/mol. The summed E-state index contributed by atoms with van der Waals surface area (Å²) in [4.78, 5) is 27.9. The van der Waals surface area contributed by atoms with Crippen LogP contribution in [0.5, 0.6) is 0 Å². The molecule has 4 rings (SSSR count). The van der Waals surface area contributed by atoms with Gasteiger partial charge in [0, 0.05) is 48.8 Å². The maximum Gasteiger partial charge on any atom is 0.250 e. The van der Waals surface area contributed by atoms with Gasteiger partial charge in [0.25, 0.3) is 5.56 Å². The average Bonchev–Trinajstić information content (AvgIpc) is 3.03. The van der Waals surface area contributed by atoms with Gasteiger partial charge < -0.3 is 14.0 Å². The Bertz CT molecular complexity index is 955. The van der Waals surface area contributed by atoms with Crippen molar-refractivity contribution in [2.45, 2.75) is 71.8 Å². The number of amides is 1. The number of carbonyl (C=O) groups excluding carboxylic acids is 1. The monoisotopic (exact) mass is 411 g/mol. The fourth-order valence-corrected chi connectivity index (χ4v) is 5.37. The van der Waals surface area contributed by atoms with Gasteiger partial charge in [0.05, 0.1) is 5.69 Å². The summed E-state index contributed by atoms with van der Waals surface area (Å²) < 4.78 is 7.29. The Balaban J connectivity index is 1.53. The Kier molecular flexibility index (Phi) is 5.85. The number of carbonyl (C=O) groups is 1. The predicted octanol–water partition coefficient (Wildman–Crippen LogP) is 4.01. The second-order valence-electron chi connectivity index (χ2n) is 9.49. The van der Waals surface area contributed by atoms with Crippen molar-refractivity contribution in [2.24, 2.45) is 11.8 Å². The molecule has 0 unspecified atom stereocenters. The van der Waals surface area contributed by atoms with Gasteiger partial charge in [-0.05, 0) is 57.4 Å². The number of fused-ring (bicyclic) bond motifs is 4. The highest BCUT2D eigenvalue weighted by molar-refractivity contribution is 5.76. The smallest absolute Gasteiger partial charge is 0.250 e. The van der Waals surface area contributed by atoms with E-state index in [0.717, 1.165) is 48.5 Å². The standard InChI is InChI=1S/C24H33N3O3/c1-15(2)8-10-22-19-12-18(21-6-5-7-24(29)27(21)22)13-26(14-19)23(28)11-9-20-16(3)25-30-17(20)4/h5-7,15,18-19,22H,8-14H2,1-4H3/t18-,19+,22+/m1/s1. The molecule has 2 aliphatic rings. The van der Waals surface area contributed by atoms with E-state index in [1.165, 1.54) is 0 Å². The molecule has 0 N–H and O–H groups in total. The summed E-state index contributed by atoms with van der Waals surface area (Å²) in [7, 11) is 0. The predicted molar refractivity (Wildman–Crippen MR) is 116 cm³/mol. The van der Waals surface area contributed by atoms with Crippen molar-refractivity contribution in [3.8, 4) is 0 Å². The van der Waals surface area contributed by atoms with E-state index in [0.29, 0.717) is 31.2 Å². The molecule has 1 fully saturated rings. The van der Waals surface area contributed by atoms with Crippen LogP contribution in [0, 0.1) is 25.7 Å². The Morgan fingerprint density at radius 1 is 1.27 bits per heavy atom. The van der Waals surface area contributed by atoms with Crippen LogP contribution in [0.3, 0.4) is 0 Å². The number of aryl methyl sites for hydroxylation is 2. The third-order valence-electron chi connectivity index (χ3n) is 6.96. The highest BCUT2D eigenvalue weighted by atomic mass is 16.5. The zero-order chi connectivity index (χ0) is 21.4. The number of piperidine rings is 1. The summed E-state index contributed by atoms with van der Waals surface area (Å²) in [6.07, 6.45) is 4.29. The second-order valence-corrected chi connectivity index (χ2v) is 9.49. The van der Waals surface area contributed by atoms with Crippen molar-refractivity contribution in [1.29, 1.82) is 0 Å². The Hall–Kier alpha value is -2.37. The molecule has 2 aromatic rings. The lowest BCUT2D eigenvalue weighted by Gasteiger charge is -2.47. The van der Waals surface area contributed by atoms with Crippen LogP contribution in [0.1, 0.15) is 74.2 Å². The molecule has 0 spiro atoms. The van der Waals surface area contributed by atoms with E-state index >= 15 is 0 Å². The van der Waals surface area contributed by atoms with Crippen LogP contribution in [0.2, 0.25) is 0 Å². The minimum atomic E-state index is 0.106. The van der Waals surface area contributed by atoms with E-state index in [4.69, 9.17) is 4.52 Å². The number of hydrogen-bond acceptors (Lipinski definition) is 4. The van der Waals surface area contributed by atoms with Crippen molar-refractivity contribution in [1.82, 2.24) is 14.6 Å². The van der Waals surface area contributed by atoms with Crippen molar-refractivity contribution in [3.63, 3.8) is 0 Å². The first kappa shape index (κ1) is 20.9. The van der Waals surface area contributed by atoms with Gasteiger partial charge in [0.15, 0.2) is 0 Å². The summed E-state index contributed by atoms with van der Waals surface area (Å²) in [6.45, 7) is 9.74. The van der Waals surface area contributed by atoms with E-state index in [9.17, 15) is 9.59 Å². The Morgan fingerprint density at radius 2 is 2.07 bits per heavy atom. The minimum absolute atomic E-state index is 0.106. The quantitative estimate of drug-likeness (QED) is 0.720. The topological polar surface area (TPSA) is 68.3 Å². The normalized spacial score (nSPS) is 23.0. The number of pyridine rings is 1. The van der Waals surface area contributed by atoms with E-state index in [2.05, 4.69) is 25.1 Å². The summed E-state index contributed by atoms with van der Waals surface area (Å²) in [5, 5.41) is 4.00. The van der Waals surface area contributed by atoms with Gasteiger partial charge in [-0.1, -0.05) is 25.1 Å². The number of likely N-dealkylation sites (tertiary alicyclic amines) is 1. The molecule has 6 heteroatoms. The molecule has 3 atom stereocenters. The molecule has 162 valence electrons. The van der Waals surface area contributed by atoms with Crippen LogP contribution in [0.25, 0.3) is 0 Å². The molecule has 2 aromatic heterocycles. The first-order valence-corrected chi connectivity index (χ1v) is 11.3. The van der Waals surface area contributed by atoms with Crippen LogP contribution in [0.4, 0.5) is 0 Å². The van der Waals surface area contributed by atoms with Crippen LogP contribution >= 0.6 is 0 Å². The molecule has 30 heavy (non-hydrogen) atoms. The molecule has 4 heterocycles. The van der Waals surface area contributed by atoms with Gasteiger partial charge in [-0.2, -0.15) is 0 Å². The zero-order valence-electron chi connectivity index (χ0n) is 18.6. The second kappa shape index (κ2) is 8.40. The lowest BCUT2D eigenvalue weighted by molar-refractivity contribution is -0.134. The lowest BCUT2D eigenvalue weighted by Crippen LogP contribution is -2.51. The molecule has 0 radical (unpaired) electrons. The number of hydrogen-bond donors (Lipinski definition) is 0. The molecule has 0 saturated carbocycles. The van der Waals surface area contributed by atoms with Crippen molar-refractivity contribution in [2.75, 3.05) is 13.1 Å². The molecule has 1 amide bonds. The van der Waals surface area contributed by atoms with Crippen LogP contribution in [-0.4, -0.2) is 33.6 Å². The van der Waals surface area contributed by atoms with Gasteiger partial charge in [-0.3, -0.25) is 9.59 Å². The van der Waals surface area contributed by atoms with Gasteiger partial charge in [-0.25, -0.2) is 0 Å². The van der Waals surface area contributed by atoms with Gasteiger partial charge in [0.2, 0.25) is 5.91 Å². The third kappa shape index (κ3) is 3.96. The fourth-order valence-electron chi connectivity index (χ4n) is 5.37. The molecular weight excluding hydrogens is 378 g/mol. The molecule has 1 saturated heterocycles. The van der Waals surface area contributed by atoms with E-state index in [1.807, 2.05) is 29.4 Å². The fraction of sp³-hybridized carbons (Fsp3) is 0.625. The summed E-state index contributed by atoms with van der Waals surface area (Å²) in [5.41, 5.74) is 3.13. The van der Waals surface area contributed by atoms with Crippen LogP contribution in [0.15, 0.2) is 27.5 Å². The molecule has 0 aliphatic carbocycles. The highest BCUT2D eigenvalue weighted by Crippen LogP contribution is 2.43. The van der Waals surface area contributed by atoms with E-state index in [1.54, 1.807) is 6.07 Å². The van der Waals surface area contributed by atoms with Gasteiger partial charge in [0.1, 0.15) is 5.76 Å². The first-order valence-electron chi connectivity index (χ1n) is 11.3. The van der Waals surface area contributed by atoms with Crippen LogP contribution < -0.4 is 5.56 Å². The molecule has 2 aliphatic heterocycles. The molecule has 2 bridgehead atoms. The number of rotatable bonds is 6. The van der Waals surface area contributed by atoms with Crippen LogP contribution in [-0.2, 0) is 11.2 Å². The maximum atomic E-state index is 13.1. The van der Waals surface area contributed by atoms with Crippen molar-refractivity contribution < 1.29 is 9.32 Å². The summed E-state index contributed by atoms with van der Waals surface area (Å²) >= 11 is 0. The summed E-state index contributed by atoms with van der Waals surface area (Å²) in [6, 6.07) is 5.82. The number of aromatic nitrogens is 2. The van der Waals surface area contributed by atoms with Gasteiger partial charge >= 0.3 is 0 Å². The zero-order valence-corrected chi connectivity index (χ0v) is 18.6. The van der Waals surface area contributed by atoms with Crippen molar-refractivity contribution in [3.05, 3.63) is 51.3 Å². The highest BCUT2D eigenvalue weighted by Gasteiger charge is 2.41. The van der Waals surface area contributed by atoms with Crippen molar-refractivity contribution >= 4 is 5.91 Å². The van der Waals surface area contributed by atoms with Gasteiger partial charge in [-0.15, -0.1) is 0 Å². The SMILES string of the molecule is Cc1noc(C)c1CCC(=O)N1C[C@H]2C[C@@H](C1)[C@H](CCC(C)C)n1c2cccc1=O. The molecular formula is C24H33N3O3. The Morgan fingerprint density at radius 3 is 2.77 bits per heavy atom.